The summed E-state index contributed by atoms with van der Waals surface area (Å²) in [5.41, 5.74) is 1.22. The van der Waals surface area contributed by atoms with Crippen LogP contribution in [0.2, 0.25) is 0 Å². The second-order valence-electron chi connectivity index (χ2n) is 5.12. The molecule has 23 heavy (non-hydrogen) atoms. The first kappa shape index (κ1) is 14.7. The second-order valence-corrected chi connectivity index (χ2v) is 5.12. The van der Waals surface area contributed by atoms with Gasteiger partial charge in [-0.05, 0) is 24.3 Å². The van der Waals surface area contributed by atoms with Crippen LogP contribution in [-0.4, -0.2) is 16.4 Å². The van der Waals surface area contributed by atoms with Crippen LogP contribution < -0.4 is 10.7 Å². The average molecular weight is 305 g/mol. The smallest absolute Gasteiger partial charge is 0.257 e. The highest BCUT2D eigenvalue weighted by Crippen LogP contribution is 2.09. The Hall–Kier alpha value is -3.21. The molecular weight excluding hydrogens is 290 g/mol. The molecule has 2 amide bonds. The van der Waals surface area contributed by atoms with Crippen molar-refractivity contribution in [1.82, 2.24) is 9.88 Å². The number of rotatable bonds is 3. The molecular formula is C18H15N3O2. The van der Waals surface area contributed by atoms with Crippen molar-refractivity contribution in [3.63, 3.8) is 0 Å². The molecule has 0 bridgehead atoms. The molecule has 5 heteroatoms. The SMILES string of the molecule is N=c1ccn(CC(=O)NC(=O)c2ccccc2)c2ccccc12. The number of carbonyl (C=O) groups excluding carboxylic acids is 2. The summed E-state index contributed by atoms with van der Waals surface area (Å²) in [5, 5.41) is 11.4. The Kier molecular flexibility index (Phi) is 4.01. The number of amides is 2. The van der Waals surface area contributed by atoms with E-state index in [1.807, 2.05) is 30.3 Å². The van der Waals surface area contributed by atoms with E-state index in [0.29, 0.717) is 10.9 Å². The van der Waals surface area contributed by atoms with E-state index in [1.54, 1.807) is 41.1 Å². The molecule has 2 aromatic carbocycles. The Morgan fingerprint density at radius 2 is 1.65 bits per heavy atom. The van der Waals surface area contributed by atoms with Crippen LogP contribution in [-0.2, 0) is 11.3 Å². The van der Waals surface area contributed by atoms with Gasteiger partial charge in [-0.2, -0.15) is 0 Å². The topological polar surface area (TPSA) is 75.0 Å². The van der Waals surface area contributed by atoms with Gasteiger partial charge in [0.2, 0.25) is 5.91 Å². The predicted octanol–water partition coefficient (Wildman–Crippen LogP) is 2.08. The maximum Gasteiger partial charge on any atom is 0.257 e. The standard InChI is InChI=1S/C18H15N3O2/c19-15-10-11-21(16-9-5-4-8-14(15)16)12-17(22)20-18(23)13-6-2-1-3-7-13/h1-11,19H,12H2,(H,20,22,23). The molecule has 0 saturated heterocycles. The zero-order chi connectivity index (χ0) is 16.2. The van der Waals surface area contributed by atoms with Gasteiger partial charge in [-0.25, -0.2) is 0 Å². The first-order chi connectivity index (χ1) is 11.1. The third kappa shape index (κ3) is 3.18. The van der Waals surface area contributed by atoms with Crippen molar-refractivity contribution in [3.05, 3.63) is 77.8 Å². The molecule has 0 aliphatic carbocycles. The van der Waals surface area contributed by atoms with Gasteiger partial charge in [0.25, 0.3) is 5.91 Å². The van der Waals surface area contributed by atoms with E-state index in [2.05, 4.69) is 5.32 Å². The summed E-state index contributed by atoms with van der Waals surface area (Å²) in [6.07, 6.45) is 1.68. The van der Waals surface area contributed by atoms with Gasteiger partial charge in [0.15, 0.2) is 0 Å². The number of nitrogens with one attached hydrogen (secondary N) is 2. The summed E-state index contributed by atoms with van der Waals surface area (Å²) in [6.45, 7) is 0.0133. The maximum absolute atomic E-state index is 12.1. The monoisotopic (exact) mass is 305 g/mol. The summed E-state index contributed by atoms with van der Waals surface area (Å²) in [5.74, 6) is -0.815. The lowest BCUT2D eigenvalue weighted by atomic mass is 10.2. The molecule has 0 unspecified atom stereocenters. The maximum atomic E-state index is 12.1. The lowest BCUT2D eigenvalue weighted by Gasteiger charge is -2.11. The second kappa shape index (κ2) is 6.27. The van der Waals surface area contributed by atoms with Crippen molar-refractivity contribution >= 4 is 22.7 Å². The Morgan fingerprint density at radius 3 is 2.43 bits per heavy atom. The fraction of sp³-hybridized carbons (Fsp3) is 0.0556. The zero-order valence-electron chi connectivity index (χ0n) is 12.3. The molecule has 0 aliphatic heterocycles. The lowest BCUT2D eigenvalue weighted by molar-refractivity contribution is -0.120. The number of benzene rings is 2. The highest BCUT2D eigenvalue weighted by atomic mass is 16.2. The number of imide groups is 1. The van der Waals surface area contributed by atoms with Gasteiger partial charge < -0.3 is 9.98 Å². The third-order valence-electron chi connectivity index (χ3n) is 3.53. The minimum atomic E-state index is -0.419. The van der Waals surface area contributed by atoms with E-state index in [9.17, 15) is 9.59 Å². The van der Waals surface area contributed by atoms with Crippen molar-refractivity contribution in [1.29, 1.82) is 5.41 Å². The molecule has 0 aliphatic rings. The largest absolute Gasteiger partial charge is 0.338 e. The molecule has 5 nitrogen and oxygen atoms in total. The summed E-state index contributed by atoms with van der Waals surface area (Å²) in [7, 11) is 0. The fourth-order valence-corrected chi connectivity index (χ4v) is 2.41. The Morgan fingerprint density at radius 1 is 0.957 bits per heavy atom. The molecule has 0 saturated carbocycles. The normalized spacial score (nSPS) is 10.4. The lowest BCUT2D eigenvalue weighted by Crippen LogP contribution is -2.33. The predicted molar refractivity (Wildman–Crippen MR) is 86.7 cm³/mol. The van der Waals surface area contributed by atoms with Crippen molar-refractivity contribution in [3.8, 4) is 0 Å². The molecule has 1 heterocycles. The zero-order valence-corrected chi connectivity index (χ0v) is 12.3. The van der Waals surface area contributed by atoms with Crippen molar-refractivity contribution in [2.45, 2.75) is 6.54 Å². The van der Waals surface area contributed by atoms with Crippen LogP contribution in [0.3, 0.4) is 0 Å². The van der Waals surface area contributed by atoms with Crippen molar-refractivity contribution < 1.29 is 9.59 Å². The van der Waals surface area contributed by atoms with Crippen LogP contribution >= 0.6 is 0 Å². The van der Waals surface area contributed by atoms with E-state index in [1.165, 1.54) is 0 Å². The fourth-order valence-electron chi connectivity index (χ4n) is 2.41. The van der Waals surface area contributed by atoms with E-state index in [0.717, 1.165) is 10.9 Å². The number of carbonyl (C=O) groups is 2. The number of nitrogens with zero attached hydrogens (tertiary/aromatic N) is 1. The van der Waals surface area contributed by atoms with Gasteiger partial charge in [0.1, 0.15) is 6.54 Å². The number of hydrogen-bond donors (Lipinski definition) is 2. The highest BCUT2D eigenvalue weighted by molar-refractivity contribution is 6.04. The Balaban J connectivity index is 1.80. The van der Waals surface area contributed by atoms with Crippen LogP contribution in [0.1, 0.15) is 10.4 Å². The molecule has 1 aromatic heterocycles. The molecule has 3 rings (SSSR count). The average Bonchev–Trinajstić information content (AvgIpc) is 2.58. The van der Waals surface area contributed by atoms with Gasteiger partial charge >= 0.3 is 0 Å². The first-order valence-corrected chi connectivity index (χ1v) is 7.17. The molecule has 0 atom stereocenters. The minimum absolute atomic E-state index is 0.0133. The number of hydrogen-bond acceptors (Lipinski definition) is 3. The molecule has 0 fully saturated rings. The molecule has 2 N–H and O–H groups in total. The summed E-state index contributed by atoms with van der Waals surface area (Å²) >= 11 is 0. The number of fused-ring (bicyclic) bond motifs is 1. The van der Waals surface area contributed by atoms with E-state index >= 15 is 0 Å². The van der Waals surface area contributed by atoms with Crippen LogP contribution in [0, 0.1) is 5.41 Å². The van der Waals surface area contributed by atoms with Gasteiger partial charge in [-0.15, -0.1) is 0 Å². The van der Waals surface area contributed by atoms with Crippen LogP contribution in [0.25, 0.3) is 10.9 Å². The quantitative estimate of drug-likeness (QED) is 0.777. The van der Waals surface area contributed by atoms with E-state index in [4.69, 9.17) is 5.41 Å². The van der Waals surface area contributed by atoms with Crippen molar-refractivity contribution in [2.75, 3.05) is 0 Å². The van der Waals surface area contributed by atoms with Crippen LogP contribution in [0.4, 0.5) is 0 Å². The highest BCUT2D eigenvalue weighted by Gasteiger charge is 2.11. The number of para-hydroxylation sites is 1. The summed E-state index contributed by atoms with van der Waals surface area (Å²) in [4.78, 5) is 24.1. The minimum Gasteiger partial charge on any atom is -0.338 e. The molecule has 0 spiro atoms. The number of pyridine rings is 1. The molecule has 3 aromatic rings. The Labute approximate surface area is 132 Å². The van der Waals surface area contributed by atoms with Crippen LogP contribution in [0.15, 0.2) is 66.9 Å². The van der Waals surface area contributed by atoms with E-state index < -0.39 is 11.8 Å². The van der Waals surface area contributed by atoms with Crippen LogP contribution in [0.5, 0.6) is 0 Å². The van der Waals surface area contributed by atoms with Gasteiger partial charge in [0.05, 0.1) is 10.9 Å². The first-order valence-electron chi connectivity index (χ1n) is 7.17. The Bertz CT molecular complexity index is 930. The molecule has 114 valence electrons. The summed E-state index contributed by atoms with van der Waals surface area (Å²) < 4.78 is 1.72. The number of aromatic nitrogens is 1. The van der Waals surface area contributed by atoms with E-state index in [-0.39, 0.29) is 6.54 Å². The third-order valence-corrected chi connectivity index (χ3v) is 3.53. The van der Waals surface area contributed by atoms with Crippen molar-refractivity contribution in [2.24, 2.45) is 0 Å². The summed E-state index contributed by atoms with van der Waals surface area (Å²) in [6, 6.07) is 17.6. The van der Waals surface area contributed by atoms with Gasteiger partial charge in [-0.3, -0.25) is 14.9 Å². The van der Waals surface area contributed by atoms with Gasteiger partial charge in [-0.1, -0.05) is 36.4 Å². The van der Waals surface area contributed by atoms with Gasteiger partial charge in [0, 0.05) is 17.1 Å². The molecule has 0 radical (unpaired) electrons.